The van der Waals surface area contributed by atoms with Gasteiger partial charge in [-0.15, -0.1) is 0 Å². The molecule has 2 N–H and O–H groups in total. The van der Waals surface area contributed by atoms with Crippen LogP contribution in [0.2, 0.25) is 0 Å². The summed E-state index contributed by atoms with van der Waals surface area (Å²) in [5.41, 5.74) is 6.11. The van der Waals surface area contributed by atoms with E-state index in [0.29, 0.717) is 6.54 Å². The molecule has 1 unspecified atom stereocenters. The van der Waals surface area contributed by atoms with Gasteiger partial charge in [-0.3, -0.25) is 9.80 Å². The van der Waals surface area contributed by atoms with Gasteiger partial charge in [-0.1, -0.05) is 0 Å². The average molecular weight is 316 g/mol. The number of piperazine rings is 1. The van der Waals surface area contributed by atoms with Crippen molar-refractivity contribution in [2.45, 2.75) is 25.4 Å². The molecule has 0 amide bonds. The van der Waals surface area contributed by atoms with Crippen LogP contribution in [0.3, 0.4) is 0 Å². The largest absolute Gasteiger partial charge is 0.453 e. The summed E-state index contributed by atoms with van der Waals surface area (Å²) in [7, 11) is 2.18. The molecule has 0 spiro atoms. The molecule has 4 nitrogen and oxygen atoms in total. The molecule has 1 aromatic heterocycles. The molecule has 1 aliphatic heterocycles. The van der Waals surface area contributed by atoms with Crippen molar-refractivity contribution in [2.24, 2.45) is 5.73 Å². The molecular weight excluding hydrogens is 294 g/mol. The Balaban J connectivity index is 2.14. The van der Waals surface area contributed by atoms with E-state index in [4.69, 9.17) is 10.2 Å². The van der Waals surface area contributed by atoms with E-state index >= 15 is 0 Å². The minimum Gasteiger partial charge on any atom is -0.453 e. The second kappa shape index (κ2) is 5.33. The molecule has 1 saturated heterocycles. The zero-order valence-corrected chi connectivity index (χ0v) is 12.9. The number of hydrogen-bond donors (Lipinski definition) is 1. The van der Waals surface area contributed by atoms with Crippen molar-refractivity contribution in [1.29, 1.82) is 0 Å². The molecule has 1 fully saturated rings. The van der Waals surface area contributed by atoms with E-state index in [-0.39, 0.29) is 11.6 Å². The smallest absolute Gasteiger partial charge is 0.169 e. The molecule has 0 bridgehead atoms. The Morgan fingerprint density at radius 2 is 2.17 bits per heavy atom. The average Bonchev–Trinajstić information content (AvgIpc) is 2.71. The van der Waals surface area contributed by atoms with Crippen molar-refractivity contribution >= 4 is 15.9 Å². The minimum absolute atomic E-state index is 0.171. The maximum Gasteiger partial charge on any atom is 0.169 e. The molecule has 5 heteroatoms. The van der Waals surface area contributed by atoms with E-state index in [0.717, 1.165) is 30.1 Å². The first-order chi connectivity index (χ1) is 8.44. The lowest BCUT2D eigenvalue weighted by molar-refractivity contribution is 0.0131. The van der Waals surface area contributed by atoms with Gasteiger partial charge in [0.2, 0.25) is 0 Å². The second-order valence-corrected chi connectivity index (χ2v) is 6.38. The van der Waals surface area contributed by atoms with Gasteiger partial charge in [-0.25, -0.2) is 0 Å². The Hall–Kier alpha value is -0.360. The predicted octanol–water partition coefficient (Wildman–Crippen LogP) is 2.07. The lowest BCUT2D eigenvalue weighted by atomic mass is 9.98. The fourth-order valence-electron chi connectivity index (χ4n) is 2.50. The van der Waals surface area contributed by atoms with Crippen molar-refractivity contribution < 1.29 is 4.42 Å². The van der Waals surface area contributed by atoms with E-state index < -0.39 is 0 Å². The van der Waals surface area contributed by atoms with Gasteiger partial charge in [0.15, 0.2) is 4.67 Å². The SMILES string of the molecule is CN1CCN(C(CN)c2ccc(Br)o2)CC1(C)C. The topological polar surface area (TPSA) is 45.6 Å². The van der Waals surface area contributed by atoms with Crippen LogP contribution >= 0.6 is 15.9 Å². The van der Waals surface area contributed by atoms with Gasteiger partial charge in [-0.05, 0) is 49.0 Å². The summed E-state index contributed by atoms with van der Waals surface area (Å²) in [6, 6.07) is 4.11. The highest BCUT2D eigenvalue weighted by Crippen LogP contribution is 2.29. The van der Waals surface area contributed by atoms with Gasteiger partial charge >= 0.3 is 0 Å². The molecule has 0 aliphatic carbocycles. The molecule has 1 aliphatic rings. The van der Waals surface area contributed by atoms with E-state index in [1.807, 2.05) is 12.1 Å². The number of nitrogens with zero attached hydrogens (tertiary/aromatic N) is 2. The van der Waals surface area contributed by atoms with Crippen molar-refractivity contribution in [3.8, 4) is 0 Å². The standard InChI is InChI=1S/C13H22BrN3O/c1-13(2)9-17(7-6-16(13)3)10(8-15)11-4-5-12(14)18-11/h4-5,10H,6-9,15H2,1-3H3. The molecule has 102 valence electrons. The summed E-state index contributed by atoms with van der Waals surface area (Å²) in [6.45, 7) is 8.21. The van der Waals surface area contributed by atoms with Gasteiger partial charge < -0.3 is 10.2 Å². The number of hydrogen-bond acceptors (Lipinski definition) is 4. The molecule has 2 rings (SSSR count). The third-order valence-electron chi connectivity index (χ3n) is 3.93. The Kier molecular flexibility index (Phi) is 4.16. The Morgan fingerprint density at radius 1 is 1.44 bits per heavy atom. The first-order valence-electron chi connectivity index (χ1n) is 6.34. The van der Waals surface area contributed by atoms with Crippen molar-refractivity contribution in [1.82, 2.24) is 9.80 Å². The first kappa shape index (κ1) is 14.1. The van der Waals surface area contributed by atoms with Gasteiger partial charge in [-0.2, -0.15) is 0 Å². The third-order valence-corrected chi connectivity index (χ3v) is 4.36. The molecule has 18 heavy (non-hydrogen) atoms. The van der Waals surface area contributed by atoms with E-state index in [2.05, 4.69) is 46.6 Å². The first-order valence-corrected chi connectivity index (χ1v) is 7.14. The third kappa shape index (κ3) is 2.79. The van der Waals surface area contributed by atoms with Crippen LogP contribution in [0.25, 0.3) is 0 Å². The number of likely N-dealkylation sites (N-methyl/N-ethyl adjacent to an activating group) is 1. The summed E-state index contributed by atoms with van der Waals surface area (Å²) < 4.78 is 6.43. The Morgan fingerprint density at radius 3 is 2.67 bits per heavy atom. The van der Waals surface area contributed by atoms with Crippen molar-refractivity contribution in [3.63, 3.8) is 0 Å². The summed E-state index contributed by atoms with van der Waals surface area (Å²) in [5.74, 6) is 0.949. The van der Waals surface area contributed by atoms with E-state index in [1.54, 1.807) is 0 Å². The molecule has 1 atom stereocenters. The molecular formula is C13H22BrN3O. The van der Waals surface area contributed by atoms with Crippen molar-refractivity contribution in [3.05, 3.63) is 22.6 Å². The van der Waals surface area contributed by atoms with Gasteiger partial charge in [0.1, 0.15) is 5.76 Å². The van der Waals surface area contributed by atoms with Crippen LogP contribution in [0, 0.1) is 0 Å². The maximum atomic E-state index is 5.94. The summed E-state index contributed by atoms with van der Waals surface area (Å²) in [6.07, 6.45) is 0. The van der Waals surface area contributed by atoms with E-state index in [9.17, 15) is 0 Å². The van der Waals surface area contributed by atoms with Crippen LogP contribution in [0.15, 0.2) is 21.2 Å². The normalized spacial score (nSPS) is 23.2. The molecule has 0 aromatic carbocycles. The number of halogens is 1. The van der Waals surface area contributed by atoms with Crippen LogP contribution < -0.4 is 5.73 Å². The quantitative estimate of drug-likeness (QED) is 0.927. The minimum atomic E-state index is 0.171. The second-order valence-electron chi connectivity index (χ2n) is 5.60. The van der Waals surface area contributed by atoms with Gasteiger partial charge in [0, 0.05) is 31.7 Å². The van der Waals surface area contributed by atoms with Crippen molar-refractivity contribution in [2.75, 3.05) is 33.2 Å². The maximum absolute atomic E-state index is 5.94. The number of nitrogens with two attached hydrogens (primary N) is 1. The van der Waals surface area contributed by atoms with E-state index in [1.165, 1.54) is 0 Å². The Bertz CT molecular complexity index is 405. The van der Waals surface area contributed by atoms with Crippen LogP contribution in [0.1, 0.15) is 25.6 Å². The van der Waals surface area contributed by atoms with Gasteiger partial charge in [0.05, 0.1) is 6.04 Å². The molecule has 0 saturated carbocycles. The summed E-state index contributed by atoms with van der Waals surface area (Å²) in [5, 5.41) is 0. The van der Waals surface area contributed by atoms with Crippen LogP contribution in [0.4, 0.5) is 0 Å². The molecule has 2 heterocycles. The Labute approximate surface area is 117 Å². The summed E-state index contributed by atoms with van der Waals surface area (Å²) in [4.78, 5) is 4.82. The highest BCUT2D eigenvalue weighted by Gasteiger charge is 2.35. The zero-order valence-electron chi connectivity index (χ0n) is 11.3. The lowest BCUT2D eigenvalue weighted by Crippen LogP contribution is -2.58. The molecule has 0 radical (unpaired) electrons. The predicted molar refractivity (Wildman–Crippen MR) is 76.5 cm³/mol. The number of rotatable bonds is 3. The highest BCUT2D eigenvalue weighted by molar-refractivity contribution is 9.10. The number of furan rings is 1. The fourth-order valence-corrected chi connectivity index (χ4v) is 2.82. The fraction of sp³-hybridized carbons (Fsp3) is 0.692. The van der Waals surface area contributed by atoms with Crippen LogP contribution in [-0.4, -0.2) is 48.6 Å². The van der Waals surface area contributed by atoms with Crippen LogP contribution in [0.5, 0.6) is 0 Å². The molecule has 1 aromatic rings. The lowest BCUT2D eigenvalue weighted by Gasteiger charge is -2.47. The van der Waals surface area contributed by atoms with Gasteiger partial charge in [0.25, 0.3) is 0 Å². The summed E-state index contributed by atoms with van der Waals surface area (Å²) >= 11 is 3.35. The zero-order chi connectivity index (χ0) is 13.3. The monoisotopic (exact) mass is 315 g/mol. The van der Waals surface area contributed by atoms with Crippen LogP contribution in [-0.2, 0) is 0 Å². The highest BCUT2D eigenvalue weighted by atomic mass is 79.9.